The van der Waals surface area contributed by atoms with Gasteiger partial charge in [0.1, 0.15) is 17.6 Å². The highest BCUT2D eigenvalue weighted by atomic mass is 16.6. The molecule has 0 radical (unpaired) electrons. The molecule has 8 nitrogen and oxygen atoms in total. The van der Waals surface area contributed by atoms with Crippen LogP contribution in [0.4, 0.5) is 16.2 Å². The molecule has 0 aromatic heterocycles. The van der Waals surface area contributed by atoms with Crippen LogP contribution in [0.5, 0.6) is 5.75 Å². The van der Waals surface area contributed by atoms with Gasteiger partial charge in [-0.2, -0.15) is 10.2 Å². The van der Waals surface area contributed by atoms with E-state index in [1.807, 2.05) is 24.3 Å². The van der Waals surface area contributed by atoms with Gasteiger partial charge < -0.3 is 10.1 Å². The van der Waals surface area contributed by atoms with Gasteiger partial charge in [0.25, 0.3) is 0 Å². The molecule has 2 aliphatic heterocycles. The van der Waals surface area contributed by atoms with Crippen LogP contribution in [0.15, 0.2) is 48.5 Å². The molecule has 2 heterocycles. The number of anilines is 2. The lowest BCUT2D eigenvalue weighted by molar-refractivity contribution is 0.0556. The molecule has 2 aliphatic rings. The first kappa shape index (κ1) is 15.7. The highest BCUT2D eigenvalue weighted by Crippen LogP contribution is 2.33. The van der Waals surface area contributed by atoms with E-state index in [1.165, 1.54) is 5.01 Å². The number of urea groups is 1. The predicted molar refractivity (Wildman–Crippen MR) is 92.0 cm³/mol. The van der Waals surface area contributed by atoms with Gasteiger partial charge in [0.05, 0.1) is 12.8 Å². The summed E-state index contributed by atoms with van der Waals surface area (Å²) in [5.74, 6) is 0.791. The van der Waals surface area contributed by atoms with Crippen molar-refractivity contribution in [3.63, 3.8) is 0 Å². The Morgan fingerprint density at radius 3 is 2.64 bits per heavy atom. The molecule has 0 aliphatic carbocycles. The van der Waals surface area contributed by atoms with Gasteiger partial charge in [0, 0.05) is 12.5 Å². The summed E-state index contributed by atoms with van der Waals surface area (Å²) in [5.41, 5.74) is 8.42. The van der Waals surface area contributed by atoms with Crippen LogP contribution in [0.2, 0.25) is 0 Å². The highest BCUT2D eigenvalue weighted by Gasteiger charge is 2.39. The zero-order valence-electron chi connectivity index (χ0n) is 13.6. The Morgan fingerprint density at radius 1 is 1.12 bits per heavy atom. The van der Waals surface area contributed by atoms with E-state index in [-0.39, 0.29) is 6.04 Å². The zero-order valence-corrected chi connectivity index (χ0v) is 13.6. The van der Waals surface area contributed by atoms with E-state index in [0.29, 0.717) is 17.8 Å². The molecule has 2 atom stereocenters. The summed E-state index contributed by atoms with van der Waals surface area (Å²) in [6.45, 7) is 0. The summed E-state index contributed by atoms with van der Waals surface area (Å²) in [6.07, 6.45) is 0.198. The molecule has 0 saturated carbocycles. The standard InChI is InChI=1S/C17H19N5O3/c1-25-12-8-6-11(7-9-12)14-10-16(20-19-14)21-17(23)18-13-4-2-3-5-15(13)22(21)24/h2-9,14,16,19-20,24H,10H2,1H3,(H,18,23). The molecule has 130 valence electrons. The van der Waals surface area contributed by atoms with Crippen molar-refractivity contribution in [3.05, 3.63) is 54.1 Å². The van der Waals surface area contributed by atoms with Crippen LogP contribution >= 0.6 is 0 Å². The van der Waals surface area contributed by atoms with Crippen LogP contribution in [-0.2, 0) is 0 Å². The number of benzene rings is 2. The molecule has 2 aromatic carbocycles. The topological polar surface area (TPSA) is 89.1 Å². The van der Waals surface area contributed by atoms with E-state index in [9.17, 15) is 10.0 Å². The molecule has 2 amide bonds. The molecule has 0 bridgehead atoms. The van der Waals surface area contributed by atoms with Crippen LogP contribution in [0, 0.1) is 0 Å². The van der Waals surface area contributed by atoms with Crippen LogP contribution in [0.1, 0.15) is 18.0 Å². The number of nitrogens with zero attached hydrogens (tertiary/aromatic N) is 2. The first-order valence-corrected chi connectivity index (χ1v) is 8.00. The monoisotopic (exact) mass is 341 g/mol. The number of fused-ring (bicyclic) bond motifs is 1. The molecule has 1 fully saturated rings. The van der Waals surface area contributed by atoms with Crippen molar-refractivity contribution in [2.24, 2.45) is 0 Å². The fraction of sp³-hybridized carbons (Fsp3) is 0.235. The molecule has 1 saturated heterocycles. The lowest BCUT2D eigenvalue weighted by Gasteiger charge is -2.39. The molecular formula is C17H19N5O3. The molecule has 25 heavy (non-hydrogen) atoms. The third-order valence-corrected chi connectivity index (χ3v) is 4.47. The molecular weight excluding hydrogens is 322 g/mol. The van der Waals surface area contributed by atoms with Crippen LogP contribution in [0.25, 0.3) is 0 Å². The number of amides is 2. The van der Waals surface area contributed by atoms with E-state index in [1.54, 1.807) is 31.4 Å². The lowest BCUT2D eigenvalue weighted by atomic mass is 10.0. The molecule has 2 unspecified atom stereocenters. The van der Waals surface area contributed by atoms with Crippen molar-refractivity contribution >= 4 is 17.4 Å². The number of hydrogen-bond donors (Lipinski definition) is 4. The van der Waals surface area contributed by atoms with Gasteiger partial charge in [-0.25, -0.2) is 15.6 Å². The van der Waals surface area contributed by atoms with Crippen molar-refractivity contribution in [2.45, 2.75) is 18.6 Å². The number of nitrogens with one attached hydrogen (secondary N) is 3. The fourth-order valence-corrected chi connectivity index (χ4v) is 3.16. The second-order valence-corrected chi connectivity index (χ2v) is 5.95. The summed E-state index contributed by atoms with van der Waals surface area (Å²) in [7, 11) is 1.63. The Balaban J connectivity index is 1.52. The molecule has 8 heteroatoms. The van der Waals surface area contributed by atoms with E-state index in [4.69, 9.17) is 4.74 Å². The van der Waals surface area contributed by atoms with E-state index in [0.717, 1.165) is 16.5 Å². The van der Waals surface area contributed by atoms with Gasteiger partial charge in [-0.05, 0) is 29.8 Å². The number of carbonyl (C=O) groups is 1. The summed E-state index contributed by atoms with van der Waals surface area (Å²) >= 11 is 0. The maximum atomic E-state index is 12.4. The maximum Gasteiger partial charge on any atom is 0.344 e. The molecule has 4 rings (SSSR count). The van der Waals surface area contributed by atoms with E-state index >= 15 is 0 Å². The molecule has 2 aromatic rings. The van der Waals surface area contributed by atoms with Gasteiger partial charge in [-0.3, -0.25) is 5.21 Å². The minimum absolute atomic E-state index is 0.00859. The van der Waals surface area contributed by atoms with Crippen molar-refractivity contribution in [3.8, 4) is 5.75 Å². The van der Waals surface area contributed by atoms with Gasteiger partial charge in [0.15, 0.2) is 0 Å². The number of ether oxygens (including phenoxy) is 1. The Hall–Kier alpha value is -2.81. The first-order valence-electron chi connectivity index (χ1n) is 8.00. The normalized spacial score (nSPS) is 22.6. The Kier molecular flexibility index (Phi) is 3.92. The number of rotatable bonds is 3. The minimum Gasteiger partial charge on any atom is -0.497 e. The van der Waals surface area contributed by atoms with Crippen LogP contribution < -0.4 is 26.1 Å². The van der Waals surface area contributed by atoms with Crippen molar-refractivity contribution < 1.29 is 14.7 Å². The van der Waals surface area contributed by atoms with E-state index < -0.39 is 12.2 Å². The van der Waals surface area contributed by atoms with Crippen molar-refractivity contribution in [1.29, 1.82) is 0 Å². The lowest BCUT2D eigenvalue weighted by Crippen LogP contribution is -2.59. The first-order chi connectivity index (χ1) is 12.2. The SMILES string of the molecule is COc1ccc(C2CC(N3C(=O)Nc4ccccc4N3O)NN2)cc1. The van der Waals surface area contributed by atoms with Crippen LogP contribution in [0.3, 0.4) is 0 Å². The van der Waals surface area contributed by atoms with Gasteiger partial charge in [0.2, 0.25) is 0 Å². The molecule has 0 spiro atoms. The minimum atomic E-state index is -0.398. The average molecular weight is 341 g/mol. The number of methoxy groups -OCH3 is 1. The van der Waals surface area contributed by atoms with Gasteiger partial charge >= 0.3 is 6.03 Å². The number of carbonyl (C=O) groups excluding carboxylic acids is 1. The zero-order chi connectivity index (χ0) is 17.4. The highest BCUT2D eigenvalue weighted by molar-refractivity contribution is 5.97. The second kappa shape index (κ2) is 6.25. The summed E-state index contributed by atoms with van der Waals surface area (Å²) < 4.78 is 5.17. The maximum absolute atomic E-state index is 12.4. The number of hydrazine groups is 2. The van der Waals surface area contributed by atoms with Gasteiger partial charge in [-0.1, -0.05) is 24.3 Å². The summed E-state index contributed by atoms with van der Waals surface area (Å²) in [4.78, 5) is 12.4. The fourth-order valence-electron chi connectivity index (χ4n) is 3.16. The van der Waals surface area contributed by atoms with Crippen molar-refractivity contribution in [2.75, 3.05) is 17.6 Å². The van der Waals surface area contributed by atoms with Crippen molar-refractivity contribution in [1.82, 2.24) is 15.9 Å². The predicted octanol–water partition coefficient (Wildman–Crippen LogP) is 2.22. The smallest absolute Gasteiger partial charge is 0.344 e. The third kappa shape index (κ3) is 2.76. The summed E-state index contributed by atoms with van der Waals surface area (Å²) in [5, 5.41) is 15.4. The third-order valence-electron chi connectivity index (χ3n) is 4.47. The largest absolute Gasteiger partial charge is 0.497 e. The Labute approximate surface area is 144 Å². The van der Waals surface area contributed by atoms with Crippen LogP contribution in [-0.4, -0.2) is 29.5 Å². The summed E-state index contributed by atoms with van der Waals surface area (Å²) in [6, 6.07) is 14.4. The second-order valence-electron chi connectivity index (χ2n) is 5.95. The number of para-hydroxylation sites is 2. The van der Waals surface area contributed by atoms with Gasteiger partial charge in [-0.15, -0.1) is 0 Å². The quantitative estimate of drug-likeness (QED) is 0.685. The Morgan fingerprint density at radius 2 is 1.88 bits per heavy atom. The number of hydrogen-bond acceptors (Lipinski definition) is 6. The Bertz CT molecular complexity index is 782. The molecule has 4 N–H and O–H groups in total. The van der Waals surface area contributed by atoms with E-state index in [2.05, 4.69) is 16.2 Å². The average Bonchev–Trinajstić information content (AvgIpc) is 3.11.